The van der Waals surface area contributed by atoms with E-state index >= 15 is 0 Å². The van der Waals surface area contributed by atoms with Crippen LogP contribution in [0.4, 0.5) is 4.39 Å². The van der Waals surface area contributed by atoms with E-state index in [4.69, 9.17) is 9.47 Å². The van der Waals surface area contributed by atoms with E-state index in [2.05, 4.69) is 29.8 Å². The van der Waals surface area contributed by atoms with Crippen molar-refractivity contribution >= 4 is 15.9 Å². The zero-order valence-corrected chi connectivity index (χ0v) is 13.5. The summed E-state index contributed by atoms with van der Waals surface area (Å²) in [5, 5.41) is 0.529. The minimum absolute atomic E-state index is 0.219. The van der Waals surface area contributed by atoms with Gasteiger partial charge >= 0.3 is 0 Å². The van der Waals surface area contributed by atoms with Crippen molar-refractivity contribution in [1.29, 1.82) is 0 Å². The minimum Gasteiger partial charge on any atom is -0.483 e. The number of alkyl halides is 1. The van der Waals surface area contributed by atoms with Crippen molar-refractivity contribution in [3.05, 3.63) is 53.3 Å². The molecule has 1 aliphatic rings. The van der Waals surface area contributed by atoms with E-state index in [9.17, 15) is 4.39 Å². The number of para-hydroxylation sites is 1. The molecule has 2 nitrogen and oxygen atoms in total. The van der Waals surface area contributed by atoms with Crippen molar-refractivity contribution in [3.8, 4) is 17.2 Å². The molecule has 0 fully saturated rings. The number of hydrogen-bond donors (Lipinski definition) is 0. The van der Waals surface area contributed by atoms with Gasteiger partial charge in [0, 0.05) is 22.9 Å². The van der Waals surface area contributed by atoms with Crippen LogP contribution in [0.15, 0.2) is 36.4 Å². The highest BCUT2D eigenvalue weighted by Gasteiger charge is 2.32. The molecule has 0 amide bonds. The average molecular weight is 351 g/mol. The lowest BCUT2D eigenvalue weighted by Gasteiger charge is -2.18. The molecule has 1 heterocycles. The Hall–Kier alpha value is -1.55. The summed E-state index contributed by atoms with van der Waals surface area (Å²) in [5.41, 5.74) is 1.69. The maximum Gasteiger partial charge on any atom is 0.169 e. The summed E-state index contributed by atoms with van der Waals surface area (Å²) in [6.45, 7) is 4.11. The molecule has 0 atom stereocenters. The van der Waals surface area contributed by atoms with Crippen LogP contribution in [0.25, 0.3) is 0 Å². The van der Waals surface area contributed by atoms with Gasteiger partial charge in [0.1, 0.15) is 17.2 Å². The Morgan fingerprint density at radius 1 is 1.24 bits per heavy atom. The Morgan fingerprint density at radius 2 is 2.05 bits per heavy atom. The molecular weight excluding hydrogens is 335 g/mol. The van der Waals surface area contributed by atoms with Crippen LogP contribution in [-0.2, 0) is 11.8 Å². The third kappa shape index (κ3) is 2.91. The minimum atomic E-state index is -0.271. The summed E-state index contributed by atoms with van der Waals surface area (Å²) >= 11 is 3.36. The highest BCUT2D eigenvalue weighted by Crippen LogP contribution is 2.43. The third-order valence-electron chi connectivity index (χ3n) is 3.44. The molecule has 4 heteroatoms. The molecule has 2 aromatic carbocycles. The second kappa shape index (κ2) is 5.34. The molecule has 0 radical (unpaired) electrons. The molecule has 0 unspecified atom stereocenters. The Labute approximate surface area is 132 Å². The van der Waals surface area contributed by atoms with Gasteiger partial charge in [-0.05, 0) is 38.1 Å². The van der Waals surface area contributed by atoms with Crippen LogP contribution in [-0.4, -0.2) is 5.60 Å². The standard InChI is InChI=1S/C17H16BrFO2/c1-17(2)9-11-4-3-5-15(16(11)21-17)20-14-7-6-13(19)8-12(14)10-18/h3-8H,9-10H2,1-2H3. The number of ether oxygens (including phenoxy) is 2. The predicted octanol–water partition coefficient (Wildman–Crippen LogP) is 5.23. The fraction of sp³-hybridized carbons (Fsp3) is 0.294. The molecule has 0 aliphatic carbocycles. The first-order chi connectivity index (χ1) is 9.98. The maximum atomic E-state index is 13.3. The lowest BCUT2D eigenvalue weighted by Crippen LogP contribution is -2.24. The molecule has 21 heavy (non-hydrogen) atoms. The molecule has 0 aromatic heterocycles. The fourth-order valence-corrected chi connectivity index (χ4v) is 2.98. The molecule has 0 saturated heterocycles. The second-order valence-electron chi connectivity index (χ2n) is 5.77. The SMILES string of the molecule is CC1(C)Cc2cccc(Oc3ccc(F)cc3CBr)c2O1. The monoisotopic (exact) mass is 350 g/mol. The molecule has 110 valence electrons. The highest BCUT2D eigenvalue weighted by molar-refractivity contribution is 9.08. The molecule has 2 aromatic rings. The van der Waals surface area contributed by atoms with E-state index in [1.807, 2.05) is 18.2 Å². The van der Waals surface area contributed by atoms with Gasteiger partial charge in [-0.15, -0.1) is 0 Å². The van der Waals surface area contributed by atoms with Gasteiger partial charge in [-0.1, -0.05) is 28.1 Å². The Kier molecular flexibility index (Phi) is 3.66. The van der Waals surface area contributed by atoms with Gasteiger partial charge in [0.05, 0.1) is 0 Å². The van der Waals surface area contributed by atoms with Gasteiger partial charge in [0.15, 0.2) is 11.5 Å². The first-order valence-electron chi connectivity index (χ1n) is 6.82. The van der Waals surface area contributed by atoms with E-state index in [1.54, 1.807) is 6.07 Å². The summed E-state index contributed by atoms with van der Waals surface area (Å²) in [6, 6.07) is 10.4. The molecule has 0 saturated carbocycles. The lowest BCUT2D eigenvalue weighted by atomic mass is 10.0. The fourth-order valence-electron chi connectivity index (χ4n) is 2.54. The first-order valence-corrected chi connectivity index (χ1v) is 7.94. The Bertz CT molecular complexity index is 682. The van der Waals surface area contributed by atoms with E-state index in [-0.39, 0.29) is 11.4 Å². The predicted molar refractivity (Wildman–Crippen MR) is 84.0 cm³/mol. The molecular formula is C17H16BrFO2. The van der Waals surface area contributed by atoms with Crippen molar-refractivity contribution in [1.82, 2.24) is 0 Å². The van der Waals surface area contributed by atoms with E-state index < -0.39 is 0 Å². The topological polar surface area (TPSA) is 18.5 Å². The van der Waals surface area contributed by atoms with Crippen molar-refractivity contribution in [3.63, 3.8) is 0 Å². The second-order valence-corrected chi connectivity index (χ2v) is 6.33. The van der Waals surface area contributed by atoms with Gasteiger partial charge in [0.25, 0.3) is 0 Å². The summed E-state index contributed by atoms with van der Waals surface area (Å²) in [4.78, 5) is 0. The smallest absolute Gasteiger partial charge is 0.169 e. The average Bonchev–Trinajstić information content (AvgIpc) is 2.75. The van der Waals surface area contributed by atoms with E-state index in [1.165, 1.54) is 12.1 Å². The Morgan fingerprint density at radius 3 is 2.81 bits per heavy atom. The maximum absolute atomic E-state index is 13.3. The van der Waals surface area contributed by atoms with Crippen LogP contribution < -0.4 is 9.47 Å². The zero-order valence-electron chi connectivity index (χ0n) is 12.0. The van der Waals surface area contributed by atoms with Crippen LogP contribution in [0.1, 0.15) is 25.0 Å². The normalized spacial score (nSPS) is 15.4. The number of fused-ring (bicyclic) bond motifs is 1. The molecule has 0 bridgehead atoms. The number of rotatable bonds is 3. The highest BCUT2D eigenvalue weighted by atomic mass is 79.9. The number of benzene rings is 2. The van der Waals surface area contributed by atoms with Gasteiger partial charge < -0.3 is 9.47 Å². The molecule has 1 aliphatic heterocycles. The van der Waals surface area contributed by atoms with Crippen LogP contribution in [0.2, 0.25) is 0 Å². The van der Waals surface area contributed by atoms with Crippen molar-refractivity contribution in [2.24, 2.45) is 0 Å². The van der Waals surface area contributed by atoms with Crippen LogP contribution >= 0.6 is 15.9 Å². The molecule has 3 rings (SSSR count). The zero-order chi connectivity index (χ0) is 15.0. The van der Waals surface area contributed by atoms with Crippen LogP contribution in [0, 0.1) is 5.82 Å². The van der Waals surface area contributed by atoms with E-state index in [0.29, 0.717) is 16.8 Å². The van der Waals surface area contributed by atoms with Crippen LogP contribution in [0.5, 0.6) is 17.2 Å². The van der Waals surface area contributed by atoms with Gasteiger partial charge in [-0.3, -0.25) is 0 Å². The van der Waals surface area contributed by atoms with Gasteiger partial charge in [-0.2, -0.15) is 0 Å². The largest absolute Gasteiger partial charge is 0.483 e. The van der Waals surface area contributed by atoms with Gasteiger partial charge in [-0.25, -0.2) is 4.39 Å². The van der Waals surface area contributed by atoms with E-state index in [0.717, 1.165) is 23.3 Å². The summed E-state index contributed by atoms with van der Waals surface area (Å²) in [5.74, 6) is 1.82. The van der Waals surface area contributed by atoms with Gasteiger partial charge in [0.2, 0.25) is 0 Å². The lowest BCUT2D eigenvalue weighted by molar-refractivity contribution is 0.135. The summed E-state index contributed by atoms with van der Waals surface area (Å²) in [7, 11) is 0. The van der Waals surface area contributed by atoms with Crippen molar-refractivity contribution in [2.45, 2.75) is 31.2 Å². The van der Waals surface area contributed by atoms with Crippen molar-refractivity contribution < 1.29 is 13.9 Å². The Balaban J connectivity index is 1.96. The van der Waals surface area contributed by atoms with Crippen LogP contribution in [0.3, 0.4) is 0 Å². The molecule has 0 spiro atoms. The number of hydrogen-bond acceptors (Lipinski definition) is 2. The quantitative estimate of drug-likeness (QED) is 0.706. The molecule has 0 N–H and O–H groups in total. The van der Waals surface area contributed by atoms with Crippen molar-refractivity contribution in [2.75, 3.05) is 0 Å². The first kappa shape index (κ1) is 14.4. The summed E-state index contributed by atoms with van der Waals surface area (Å²) < 4.78 is 25.2. The third-order valence-corrected chi connectivity index (χ3v) is 4.05. The summed E-state index contributed by atoms with van der Waals surface area (Å²) in [6.07, 6.45) is 0.855. The number of halogens is 2.